The van der Waals surface area contributed by atoms with Crippen LogP contribution in [0.5, 0.6) is 0 Å². The van der Waals surface area contributed by atoms with Gasteiger partial charge in [0, 0.05) is 13.1 Å². The largest absolute Gasteiger partial charge is 0.464 e. The summed E-state index contributed by atoms with van der Waals surface area (Å²) >= 11 is 0. The summed E-state index contributed by atoms with van der Waals surface area (Å²) in [6.45, 7) is 8.95. The second-order valence-corrected chi connectivity index (χ2v) is 6.73. The summed E-state index contributed by atoms with van der Waals surface area (Å²) in [6, 6.07) is 0. The average Bonchev–Trinajstić information content (AvgIpc) is 2.72. The Morgan fingerprint density at radius 3 is 2.57 bits per heavy atom. The number of aromatic nitrogens is 2. The van der Waals surface area contributed by atoms with Crippen LogP contribution in [0.2, 0.25) is 0 Å². The number of hydrogen-bond acceptors (Lipinski definition) is 5. The average molecular weight is 291 g/mol. The monoisotopic (exact) mass is 291 g/mol. The topological polar surface area (TPSA) is 55.3 Å². The van der Waals surface area contributed by atoms with Crippen molar-refractivity contribution >= 4 is 11.8 Å². The molecule has 2 heterocycles. The third kappa shape index (κ3) is 3.93. The fraction of sp³-hybridized carbons (Fsp3) is 0.688. The van der Waals surface area contributed by atoms with Crippen molar-refractivity contribution in [3.05, 3.63) is 18.1 Å². The fourth-order valence-electron chi connectivity index (χ4n) is 2.89. The molecule has 21 heavy (non-hydrogen) atoms. The Morgan fingerprint density at radius 2 is 2.00 bits per heavy atom. The van der Waals surface area contributed by atoms with E-state index in [1.807, 2.05) is 0 Å². The van der Waals surface area contributed by atoms with E-state index in [0.717, 1.165) is 24.8 Å². The van der Waals surface area contributed by atoms with Crippen molar-refractivity contribution in [3.63, 3.8) is 0 Å². The second-order valence-electron chi connectivity index (χ2n) is 6.73. The summed E-state index contributed by atoms with van der Waals surface area (Å²) in [6.07, 6.45) is 6.76. The molecule has 0 radical (unpaired) electrons. The lowest BCUT2D eigenvalue weighted by molar-refractivity contribution is 0.0593. The first kappa shape index (κ1) is 15.7. The normalized spacial score (nSPS) is 20.0. The van der Waals surface area contributed by atoms with Gasteiger partial charge < -0.3 is 9.64 Å². The summed E-state index contributed by atoms with van der Waals surface area (Å²) in [4.78, 5) is 22.1. The Bertz CT molecular complexity index is 479. The predicted octanol–water partition coefficient (Wildman–Crippen LogP) is 2.92. The van der Waals surface area contributed by atoms with Gasteiger partial charge in [-0.2, -0.15) is 0 Å². The Labute approximate surface area is 126 Å². The molecule has 0 amide bonds. The van der Waals surface area contributed by atoms with E-state index < -0.39 is 5.97 Å². The molecule has 5 heteroatoms. The Morgan fingerprint density at radius 1 is 1.24 bits per heavy atom. The quantitative estimate of drug-likeness (QED) is 0.784. The zero-order valence-electron chi connectivity index (χ0n) is 13.4. The molecule has 0 bridgehead atoms. The molecule has 1 aromatic heterocycles. The molecule has 2 rings (SSSR count). The van der Waals surface area contributed by atoms with Crippen molar-refractivity contribution in [3.8, 4) is 0 Å². The van der Waals surface area contributed by atoms with Crippen LogP contribution < -0.4 is 4.90 Å². The van der Waals surface area contributed by atoms with E-state index >= 15 is 0 Å². The number of carbonyl (C=O) groups is 1. The van der Waals surface area contributed by atoms with Gasteiger partial charge in [0.25, 0.3) is 0 Å². The Kier molecular flexibility index (Phi) is 4.80. The van der Waals surface area contributed by atoms with Crippen LogP contribution in [0.4, 0.5) is 5.82 Å². The number of ether oxygens (including phenoxy) is 1. The summed E-state index contributed by atoms with van der Waals surface area (Å²) in [7, 11) is 1.35. The Balaban J connectivity index is 2.04. The summed E-state index contributed by atoms with van der Waals surface area (Å²) < 4.78 is 4.64. The number of nitrogens with zero attached hydrogens (tertiary/aromatic N) is 3. The molecule has 1 fully saturated rings. The highest BCUT2D eigenvalue weighted by Crippen LogP contribution is 2.34. The van der Waals surface area contributed by atoms with Gasteiger partial charge in [-0.15, -0.1) is 0 Å². The number of anilines is 1. The highest BCUT2D eigenvalue weighted by molar-refractivity contribution is 5.86. The van der Waals surface area contributed by atoms with Gasteiger partial charge in [-0.3, -0.25) is 0 Å². The van der Waals surface area contributed by atoms with Crippen molar-refractivity contribution in [1.29, 1.82) is 0 Å². The summed E-state index contributed by atoms with van der Waals surface area (Å²) in [5.74, 6) is 1.14. The van der Waals surface area contributed by atoms with Crippen LogP contribution in [0.1, 0.15) is 50.5 Å². The molecule has 0 N–H and O–H groups in total. The van der Waals surface area contributed by atoms with Crippen LogP contribution in [0, 0.1) is 11.3 Å². The maximum absolute atomic E-state index is 11.4. The Hall–Kier alpha value is -1.65. The molecule has 0 aliphatic carbocycles. The van der Waals surface area contributed by atoms with Crippen LogP contribution in [0.15, 0.2) is 12.4 Å². The smallest absolute Gasteiger partial charge is 0.358 e. The van der Waals surface area contributed by atoms with Gasteiger partial charge >= 0.3 is 5.97 Å². The minimum absolute atomic E-state index is 0.253. The van der Waals surface area contributed by atoms with Gasteiger partial charge in [-0.25, -0.2) is 14.8 Å². The summed E-state index contributed by atoms with van der Waals surface area (Å²) in [5.41, 5.74) is 0.611. The third-order valence-corrected chi connectivity index (χ3v) is 4.31. The molecule has 116 valence electrons. The van der Waals surface area contributed by atoms with Gasteiger partial charge in [-0.1, -0.05) is 20.8 Å². The van der Waals surface area contributed by atoms with Crippen molar-refractivity contribution in [2.75, 3.05) is 25.1 Å². The molecule has 0 saturated carbocycles. The third-order valence-electron chi connectivity index (χ3n) is 4.31. The highest BCUT2D eigenvalue weighted by Gasteiger charge is 2.27. The van der Waals surface area contributed by atoms with Gasteiger partial charge in [0.15, 0.2) is 5.69 Å². The first-order valence-electron chi connectivity index (χ1n) is 7.57. The molecule has 0 spiro atoms. The predicted molar refractivity (Wildman–Crippen MR) is 82.4 cm³/mol. The minimum Gasteiger partial charge on any atom is -0.464 e. The molecule has 1 aromatic rings. The molecule has 0 aromatic carbocycles. The van der Waals surface area contributed by atoms with Crippen LogP contribution >= 0.6 is 0 Å². The van der Waals surface area contributed by atoms with E-state index in [9.17, 15) is 4.79 Å². The van der Waals surface area contributed by atoms with E-state index in [1.165, 1.54) is 32.6 Å². The lowest BCUT2D eigenvalue weighted by atomic mass is 9.77. The van der Waals surface area contributed by atoms with E-state index in [-0.39, 0.29) is 5.69 Å². The van der Waals surface area contributed by atoms with Crippen molar-refractivity contribution in [2.24, 2.45) is 11.3 Å². The number of hydrogen-bond donors (Lipinski definition) is 0. The van der Waals surface area contributed by atoms with Crippen LogP contribution in [-0.4, -0.2) is 36.1 Å². The number of carbonyl (C=O) groups excluding carboxylic acids is 1. The number of esters is 1. The molecule has 5 nitrogen and oxygen atoms in total. The van der Waals surface area contributed by atoms with Gasteiger partial charge in [0.05, 0.1) is 19.5 Å². The lowest BCUT2D eigenvalue weighted by Gasteiger charge is -2.29. The fourth-order valence-corrected chi connectivity index (χ4v) is 2.89. The van der Waals surface area contributed by atoms with Crippen molar-refractivity contribution in [2.45, 2.75) is 40.0 Å². The van der Waals surface area contributed by atoms with E-state index in [2.05, 4.69) is 40.4 Å². The van der Waals surface area contributed by atoms with Crippen molar-refractivity contribution in [1.82, 2.24) is 9.97 Å². The van der Waals surface area contributed by atoms with Gasteiger partial charge in [0.2, 0.25) is 0 Å². The first-order valence-corrected chi connectivity index (χ1v) is 7.57. The van der Waals surface area contributed by atoms with Crippen molar-refractivity contribution < 1.29 is 9.53 Å². The first-order chi connectivity index (χ1) is 9.91. The van der Waals surface area contributed by atoms with Crippen LogP contribution in [0.25, 0.3) is 0 Å². The molecule has 1 unspecified atom stereocenters. The zero-order chi connectivity index (χ0) is 15.5. The number of rotatable bonds is 2. The van der Waals surface area contributed by atoms with Crippen LogP contribution in [0.3, 0.4) is 0 Å². The molecular weight excluding hydrogens is 266 g/mol. The van der Waals surface area contributed by atoms with Gasteiger partial charge in [0.1, 0.15) is 5.82 Å². The van der Waals surface area contributed by atoms with E-state index in [1.54, 1.807) is 6.20 Å². The number of methoxy groups -OCH3 is 1. The lowest BCUT2D eigenvalue weighted by Crippen LogP contribution is -2.27. The molecule has 1 saturated heterocycles. The van der Waals surface area contributed by atoms with E-state index in [0.29, 0.717) is 5.41 Å². The molecule has 1 aliphatic rings. The van der Waals surface area contributed by atoms with Gasteiger partial charge in [-0.05, 0) is 30.6 Å². The second kappa shape index (κ2) is 6.41. The summed E-state index contributed by atoms with van der Waals surface area (Å²) in [5, 5.41) is 0. The SMILES string of the molecule is COC(=O)c1cnc(N2CCCC(C(C)(C)C)CC2)cn1. The minimum atomic E-state index is -0.447. The molecule has 1 atom stereocenters. The maximum atomic E-state index is 11.4. The van der Waals surface area contributed by atoms with Crippen LogP contribution in [-0.2, 0) is 4.74 Å². The standard InChI is InChI=1S/C16H25N3O2/c1-16(2,3)12-6-5-8-19(9-7-12)14-11-17-13(10-18-14)15(20)21-4/h10-12H,5-9H2,1-4H3. The maximum Gasteiger partial charge on any atom is 0.358 e. The zero-order valence-corrected chi connectivity index (χ0v) is 13.4. The molecular formula is C16H25N3O2. The van der Waals surface area contributed by atoms with E-state index in [4.69, 9.17) is 0 Å². The molecule has 1 aliphatic heterocycles. The highest BCUT2D eigenvalue weighted by atomic mass is 16.5.